The first-order chi connectivity index (χ1) is 15.6. The van der Waals surface area contributed by atoms with Gasteiger partial charge in [0.2, 0.25) is 0 Å². The maximum atomic E-state index is 15.3. The smallest absolute Gasteiger partial charge is 0.170 e. The predicted octanol–water partition coefficient (Wildman–Crippen LogP) is 9.36. The molecule has 0 bridgehead atoms. The summed E-state index contributed by atoms with van der Waals surface area (Å²) in [7, 11) is 0. The molecule has 0 spiro atoms. The molecule has 4 aromatic rings. The van der Waals surface area contributed by atoms with Crippen molar-refractivity contribution in [2.45, 2.75) is 65.2 Å². The van der Waals surface area contributed by atoms with Crippen molar-refractivity contribution in [2.24, 2.45) is 5.92 Å². The van der Waals surface area contributed by atoms with Crippen LogP contribution in [0.15, 0.2) is 29.0 Å². The highest BCUT2D eigenvalue weighted by atomic mass is 32.1. The maximum absolute atomic E-state index is 15.3. The summed E-state index contributed by atoms with van der Waals surface area (Å²) in [6.45, 7) is 4.52. The number of rotatable bonds is 11. The van der Waals surface area contributed by atoms with E-state index >= 15 is 8.78 Å². The van der Waals surface area contributed by atoms with Crippen LogP contribution >= 0.6 is 34.4 Å². The number of halogens is 2. The molecule has 0 aliphatic rings. The third-order valence-electron chi connectivity index (χ3n) is 5.90. The second-order valence-corrected chi connectivity index (χ2v) is 10.9. The molecule has 0 radical (unpaired) electrons. The van der Waals surface area contributed by atoms with Crippen LogP contribution in [0.1, 0.15) is 64.4 Å². The summed E-state index contributed by atoms with van der Waals surface area (Å²) in [4.78, 5) is 1.39. The third-order valence-corrected chi connectivity index (χ3v) is 8.31. The summed E-state index contributed by atoms with van der Waals surface area (Å²) in [6, 6.07) is 5.62. The van der Waals surface area contributed by atoms with Gasteiger partial charge in [0, 0.05) is 9.75 Å². The molecule has 3 aromatic heterocycles. The van der Waals surface area contributed by atoms with Gasteiger partial charge in [0.05, 0.1) is 22.9 Å². The van der Waals surface area contributed by atoms with E-state index in [1.807, 2.05) is 17.5 Å². The predicted molar refractivity (Wildman–Crippen MR) is 135 cm³/mol. The molecule has 7 heteroatoms. The van der Waals surface area contributed by atoms with E-state index in [0.717, 1.165) is 23.0 Å². The zero-order valence-corrected chi connectivity index (χ0v) is 20.9. The van der Waals surface area contributed by atoms with Gasteiger partial charge in [-0.2, -0.15) is 8.75 Å². The Labute approximate surface area is 200 Å². The largest absolute Gasteiger partial charge is 0.203 e. The van der Waals surface area contributed by atoms with Gasteiger partial charge in [-0.3, -0.25) is 0 Å². The second-order valence-electron chi connectivity index (χ2n) is 8.50. The molecule has 0 fully saturated rings. The van der Waals surface area contributed by atoms with Crippen molar-refractivity contribution in [3.63, 3.8) is 0 Å². The summed E-state index contributed by atoms with van der Waals surface area (Å²) >= 11 is 3.83. The number of hydrogen-bond acceptors (Lipinski definition) is 5. The Morgan fingerprint density at radius 1 is 0.906 bits per heavy atom. The first-order valence-electron chi connectivity index (χ1n) is 11.3. The lowest BCUT2D eigenvalue weighted by Crippen LogP contribution is -1.99. The molecular formula is C25H28F2N2S3. The number of hydrogen-bond donors (Lipinski definition) is 0. The molecule has 170 valence electrons. The van der Waals surface area contributed by atoms with Crippen LogP contribution in [0, 0.1) is 17.6 Å². The van der Waals surface area contributed by atoms with Gasteiger partial charge in [-0.1, -0.05) is 64.9 Å². The van der Waals surface area contributed by atoms with Gasteiger partial charge in [-0.05, 0) is 40.8 Å². The van der Waals surface area contributed by atoms with Crippen molar-refractivity contribution in [3.8, 4) is 20.9 Å². The summed E-state index contributed by atoms with van der Waals surface area (Å²) < 4.78 is 39.1. The molecule has 0 aliphatic heterocycles. The zero-order valence-electron chi connectivity index (χ0n) is 18.5. The lowest BCUT2D eigenvalue weighted by Gasteiger charge is -2.10. The Morgan fingerprint density at radius 3 is 2.28 bits per heavy atom. The molecule has 0 saturated heterocycles. The Balaban J connectivity index is 1.51. The zero-order chi connectivity index (χ0) is 22.5. The van der Waals surface area contributed by atoms with E-state index in [-0.39, 0.29) is 11.1 Å². The summed E-state index contributed by atoms with van der Waals surface area (Å²) in [5.74, 6) is -1.09. The summed E-state index contributed by atoms with van der Waals surface area (Å²) in [6.07, 6.45) is 10.0. The van der Waals surface area contributed by atoms with Gasteiger partial charge in [0.25, 0.3) is 0 Å². The number of benzene rings is 1. The molecule has 0 saturated carbocycles. The van der Waals surface area contributed by atoms with Gasteiger partial charge in [-0.15, -0.1) is 22.7 Å². The molecule has 0 N–H and O–H groups in total. The van der Waals surface area contributed by atoms with E-state index < -0.39 is 11.6 Å². The molecule has 4 rings (SSSR count). The Kier molecular flexibility index (Phi) is 8.02. The van der Waals surface area contributed by atoms with Crippen LogP contribution in [-0.4, -0.2) is 8.75 Å². The molecule has 0 aliphatic carbocycles. The third kappa shape index (κ3) is 5.10. The van der Waals surface area contributed by atoms with E-state index in [4.69, 9.17) is 0 Å². The van der Waals surface area contributed by atoms with Crippen LogP contribution in [0.3, 0.4) is 0 Å². The lowest BCUT2D eigenvalue weighted by atomic mass is 9.96. The Bertz CT molecular complexity index is 1150. The fraction of sp³-hybridized carbons (Fsp3) is 0.440. The van der Waals surface area contributed by atoms with E-state index in [2.05, 4.69) is 28.0 Å². The molecule has 1 aromatic carbocycles. The van der Waals surface area contributed by atoms with E-state index in [9.17, 15) is 0 Å². The highest BCUT2D eigenvalue weighted by Crippen LogP contribution is 2.42. The fourth-order valence-corrected chi connectivity index (χ4v) is 6.50. The Hall–Kier alpha value is -1.70. The van der Waals surface area contributed by atoms with Crippen LogP contribution in [-0.2, 0) is 6.42 Å². The first kappa shape index (κ1) is 23.5. The average molecular weight is 491 g/mol. The van der Waals surface area contributed by atoms with Gasteiger partial charge in [0.1, 0.15) is 11.0 Å². The van der Waals surface area contributed by atoms with Crippen LogP contribution < -0.4 is 0 Å². The average Bonchev–Trinajstić information content (AvgIpc) is 3.54. The van der Waals surface area contributed by atoms with Crippen LogP contribution in [0.5, 0.6) is 0 Å². The minimum Gasteiger partial charge on any atom is -0.203 e. The van der Waals surface area contributed by atoms with Crippen LogP contribution in [0.2, 0.25) is 0 Å². The summed E-state index contributed by atoms with van der Waals surface area (Å²) in [5.41, 5.74) is 2.53. The normalized spacial score (nSPS) is 12.6. The number of nitrogens with zero attached hydrogens (tertiary/aromatic N) is 2. The number of aromatic nitrogens is 2. The van der Waals surface area contributed by atoms with Crippen LogP contribution in [0.4, 0.5) is 8.78 Å². The molecule has 32 heavy (non-hydrogen) atoms. The minimum absolute atomic E-state index is 0.217. The number of thiophene rings is 2. The van der Waals surface area contributed by atoms with Gasteiger partial charge in [-0.25, -0.2) is 8.78 Å². The van der Waals surface area contributed by atoms with Crippen molar-refractivity contribution < 1.29 is 8.78 Å². The molecule has 1 unspecified atom stereocenters. The topological polar surface area (TPSA) is 25.8 Å². The second kappa shape index (κ2) is 10.9. The molecular weight excluding hydrogens is 462 g/mol. The van der Waals surface area contributed by atoms with E-state index in [1.54, 1.807) is 6.07 Å². The first-order valence-corrected chi connectivity index (χ1v) is 13.8. The standard InChI is InChI=1S/C25H28F2N2S3/c1-3-4-5-6-7-8-10-16(2)13-17-14-19(31-15-17)21-23(27)22(26)20(18-11-9-12-30-18)24-25(21)29-32-28-24/h9,11-12,14-16H,3-8,10,13H2,1-2H3. The highest BCUT2D eigenvalue weighted by molar-refractivity contribution is 7.14. The Morgan fingerprint density at radius 2 is 1.59 bits per heavy atom. The quantitative estimate of drug-likeness (QED) is 0.196. The minimum atomic E-state index is -0.839. The fourth-order valence-electron chi connectivity index (χ4n) is 4.21. The van der Waals surface area contributed by atoms with Gasteiger partial charge >= 0.3 is 0 Å². The van der Waals surface area contributed by atoms with Crippen LogP contribution in [0.25, 0.3) is 31.9 Å². The molecule has 0 amide bonds. The van der Waals surface area contributed by atoms with Crippen molar-refractivity contribution in [2.75, 3.05) is 0 Å². The highest BCUT2D eigenvalue weighted by Gasteiger charge is 2.26. The summed E-state index contributed by atoms with van der Waals surface area (Å²) in [5, 5.41) is 3.92. The lowest BCUT2D eigenvalue weighted by molar-refractivity contribution is 0.481. The molecule has 1 atom stereocenters. The van der Waals surface area contributed by atoms with Crippen molar-refractivity contribution in [1.29, 1.82) is 0 Å². The number of fused-ring (bicyclic) bond motifs is 1. The molecule has 2 nitrogen and oxygen atoms in total. The number of unbranched alkanes of at least 4 members (excludes halogenated alkanes) is 5. The van der Waals surface area contributed by atoms with Crippen molar-refractivity contribution >= 4 is 45.4 Å². The van der Waals surface area contributed by atoms with Crippen molar-refractivity contribution in [1.82, 2.24) is 8.75 Å². The van der Waals surface area contributed by atoms with Crippen molar-refractivity contribution in [3.05, 3.63) is 46.2 Å². The molecule has 3 heterocycles. The van der Waals surface area contributed by atoms with Gasteiger partial charge < -0.3 is 0 Å². The monoisotopic (exact) mass is 490 g/mol. The van der Waals surface area contributed by atoms with E-state index in [0.29, 0.717) is 21.8 Å². The maximum Gasteiger partial charge on any atom is 0.170 e. The van der Waals surface area contributed by atoms with E-state index in [1.165, 1.54) is 73.2 Å². The SMILES string of the molecule is CCCCCCCCC(C)Cc1csc(-c2c(F)c(F)c(-c3cccs3)c3nsnc23)c1. The van der Waals surface area contributed by atoms with Gasteiger partial charge in [0.15, 0.2) is 11.6 Å².